The maximum absolute atomic E-state index is 14.0. The summed E-state index contributed by atoms with van der Waals surface area (Å²) in [6.45, 7) is 8.09. The molecule has 1 saturated carbocycles. The van der Waals surface area contributed by atoms with E-state index in [1.54, 1.807) is 0 Å². The molecule has 0 spiro atoms. The van der Waals surface area contributed by atoms with Gasteiger partial charge < -0.3 is 16.3 Å². The van der Waals surface area contributed by atoms with Crippen LogP contribution in [0.4, 0.5) is 10.1 Å². The second kappa shape index (κ2) is 4.72. The van der Waals surface area contributed by atoms with E-state index in [-0.39, 0.29) is 39.7 Å². The first-order valence-corrected chi connectivity index (χ1v) is 6.71. The number of nitrogens with one attached hydrogen (secondary N) is 1. The van der Waals surface area contributed by atoms with Crippen molar-refractivity contribution in [2.45, 2.75) is 27.7 Å². The number of carbonyl (C=O) groups excluding carboxylic acids is 1. The van der Waals surface area contributed by atoms with E-state index in [0.29, 0.717) is 0 Å². The molecule has 21 heavy (non-hydrogen) atoms. The number of nitrogens with two attached hydrogens (primary N) is 1. The third-order valence-electron chi connectivity index (χ3n) is 4.91. The van der Waals surface area contributed by atoms with Gasteiger partial charge in [0.1, 0.15) is 5.82 Å². The van der Waals surface area contributed by atoms with E-state index < -0.39 is 5.82 Å². The summed E-state index contributed by atoms with van der Waals surface area (Å²) in [4.78, 5) is 12.3. The van der Waals surface area contributed by atoms with Crippen molar-refractivity contribution in [3.8, 4) is 0 Å². The molecule has 1 fully saturated rings. The highest BCUT2D eigenvalue weighted by Crippen LogP contribution is 2.68. The summed E-state index contributed by atoms with van der Waals surface area (Å²) in [7, 11) is 0. The number of benzene rings is 1. The Hall–Kier alpha value is -2.11. The highest BCUT2D eigenvalue weighted by molar-refractivity contribution is 5.99. The van der Waals surface area contributed by atoms with Crippen molar-refractivity contribution in [2.75, 3.05) is 5.32 Å². The van der Waals surface area contributed by atoms with E-state index in [1.807, 2.05) is 27.7 Å². The third kappa shape index (κ3) is 2.34. The van der Waals surface area contributed by atoms with Crippen LogP contribution >= 0.6 is 0 Å². The van der Waals surface area contributed by atoms with Crippen molar-refractivity contribution in [1.29, 1.82) is 0 Å². The van der Waals surface area contributed by atoms with Crippen molar-refractivity contribution in [3.05, 3.63) is 29.6 Å². The Balaban J connectivity index is 2.17. The highest BCUT2D eigenvalue weighted by Gasteiger charge is 2.68. The van der Waals surface area contributed by atoms with Crippen molar-refractivity contribution in [1.82, 2.24) is 0 Å². The SMILES string of the molecule is CC1(C)C(C(=O)Nc2ccc(/C(N)=N/O)cc2F)C1(C)C. The lowest BCUT2D eigenvalue weighted by atomic mass is 10.0. The van der Waals surface area contributed by atoms with Crippen LogP contribution in [-0.2, 0) is 4.79 Å². The van der Waals surface area contributed by atoms with Gasteiger partial charge >= 0.3 is 0 Å². The Morgan fingerprint density at radius 1 is 1.33 bits per heavy atom. The van der Waals surface area contributed by atoms with E-state index in [0.717, 1.165) is 6.07 Å². The van der Waals surface area contributed by atoms with Crippen molar-refractivity contribution in [3.63, 3.8) is 0 Å². The first kappa shape index (κ1) is 15.3. The lowest BCUT2D eigenvalue weighted by molar-refractivity contribution is -0.118. The smallest absolute Gasteiger partial charge is 0.228 e. The fourth-order valence-corrected chi connectivity index (χ4v) is 2.89. The van der Waals surface area contributed by atoms with E-state index in [4.69, 9.17) is 10.9 Å². The van der Waals surface area contributed by atoms with E-state index in [1.165, 1.54) is 12.1 Å². The average molecular weight is 293 g/mol. The lowest BCUT2D eigenvalue weighted by Crippen LogP contribution is -2.19. The predicted molar refractivity (Wildman–Crippen MR) is 78.6 cm³/mol. The van der Waals surface area contributed by atoms with Gasteiger partial charge in [0.15, 0.2) is 5.84 Å². The number of rotatable bonds is 3. The largest absolute Gasteiger partial charge is 0.409 e. The number of nitrogens with zero attached hydrogens (tertiary/aromatic N) is 1. The molecule has 2 rings (SSSR count). The van der Waals surface area contributed by atoms with E-state index >= 15 is 0 Å². The number of amidine groups is 1. The zero-order valence-electron chi connectivity index (χ0n) is 12.6. The summed E-state index contributed by atoms with van der Waals surface area (Å²) in [6, 6.07) is 4.01. The van der Waals surface area contributed by atoms with Gasteiger partial charge in [-0.1, -0.05) is 32.9 Å². The monoisotopic (exact) mass is 293 g/mol. The maximum Gasteiger partial charge on any atom is 0.228 e. The van der Waals surface area contributed by atoms with Gasteiger partial charge in [-0.25, -0.2) is 4.39 Å². The number of hydrogen-bond donors (Lipinski definition) is 3. The molecule has 1 aliphatic rings. The minimum atomic E-state index is -0.622. The molecule has 6 heteroatoms. The molecule has 0 bridgehead atoms. The number of halogens is 1. The van der Waals surface area contributed by atoms with Crippen LogP contribution in [0.2, 0.25) is 0 Å². The fourth-order valence-electron chi connectivity index (χ4n) is 2.89. The summed E-state index contributed by atoms with van der Waals surface area (Å²) >= 11 is 0. The standard InChI is InChI=1S/C15H20FN3O2/c1-14(2)11(15(14,3)4)13(20)18-10-6-5-8(7-9(10)16)12(17)19-21/h5-7,11,21H,1-4H3,(H2,17,19)(H,18,20). The van der Waals surface area contributed by atoms with Crippen LogP contribution in [0.25, 0.3) is 0 Å². The highest BCUT2D eigenvalue weighted by atomic mass is 19.1. The van der Waals surface area contributed by atoms with Gasteiger partial charge in [-0.3, -0.25) is 4.79 Å². The molecule has 1 amide bonds. The first-order valence-electron chi connectivity index (χ1n) is 6.71. The fraction of sp³-hybridized carbons (Fsp3) is 0.467. The van der Waals surface area contributed by atoms with Gasteiger partial charge in [-0.15, -0.1) is 0 Å². The van der Waals surface area contributed by atoms with Crippen LogP contribution in [-0.4, -0.2) is 17.0 Å². The molecule has 0 aromatic heterocycles. The molecular formula is C15H20FN3O2. The molecular weight excluding hydrogens is 273 g/mol. The van der Waals surface area contributed by atoms with Gasteiger partial charge in [-0.2, -0.15) is 0 Å². The Morgan fingerprint density at radius 2 is 1.90 bits per heavy atom. The lowest BCUT2D eigenvalue weighted by Gasteiger charge is -2.09. The topological polar surface area (TPSA) is 87.7 Å². The molecule has 0 heterocycles. The molecule has 0 atom stereocenters. The van der Waals surface area contributed by atoms with E-state index in [2.05, 4.69) is 10.5 Å². The Bertz CT molecular complexity index is 609. The zero-order chi connectivity index (χ0) is 16.0. The van der Waals surface area contributed by atoms with Crippen LogP contribution in [0.1, 0.15) is 33.3 Å². The molecule has 4 N–H and O–H groups in total. The van der Waals surface area contributed by atoms with Crippen LogP contribution in [0.15, 0.2) is 23.4 Å². The number of anilines is 1. The third-order valence-corrected chi connectivity index (χ3v) is 4.91. The molecule has 114 valence electrons. The number of carbonyl (C=O) groups is 1. The van der Waals surface area contributed by atoms with Crippen LogP contribution in [0, 0.1) is 22.6 Å². The zero-order valence-corrected chi connectivity index (χ0v) is 12.6. The van der Waals surface area contributed by atoms with Crippen molar-refractivity contribution < 1.29 is 14.4 Å². The van der Waals surface area contributed by atoms with Gasteiger partial charge in [-0.05, 0) is 29.0 Å². The Labute approximate surface area is 123 Å². The quantitative estimate of drug-likeness (QED) is 0.346. The molecule has 0 aliphatic heterocycles. The molecule has 5 nitrogen and oxygen atoms in total. The summed E-state index contributed by atoms with van der Waals surface area (Å²) < 4.78 is 14.0. The maximum atomic E-state index is 14.0. The normalized spacial score (nSPS) is 20.1. The molecule has 1 aliphatic carbocycles. The number of amides is 1. The molecule has 1 aromatic rings. The van der Waals surface area contributed by atoms with Gasteiger partial charge in [0.05, 0.1) is 5.69 Å². The summed E-state index contributed by atoms with van der Waals surface area (Å²) in [6.07, 6.45) is 0. The van der Waals surface area contributed by atoms with Crippen molar-refractivity contribution >= 4 is 17.4 Å². The number of hydrogen-bond acceptors (Lipinski definition) is 3. The van der Waals surface area contributed by atoms with Crippen molar-refractivity contribution in [2.24, 2.45) is 27.6 Å². The minimum absolute atomic E-state index is 0.0907. The van der Waals surface area contributed by atoms with Crippen LogP contribution < -0.4 is 11.1 Å². The van der Waals surface area contributed by atoms with Crippen LogP contribution in [0.3, 0.4) is 0 Å². The van der Waals surface area contributed by atoms with Crippen LogP contribution in [0.5, 0.6) is 0 Å². The number of oxime groups is 1. The Morgan fingerprint density at radius 3 is 2.33 bits per heavy atom. The molecule has 0 saturated heterocycles. The van der Waals surface area contributed by atoms with Gasteiger partial charge in [0, 0.05) is 11.5 Å². The summed E-state index contributed by atoms with van der Waals surface area (Å²) in [5, 5.41) is 14.0. The second-order valence-corrected chi connectivity index (χ2v) is 6.55. The van der Waals surface area contributed by atoms with Gasteiger partial charge in [0.2, 0.25) is 5.91 Å². The molecule has 0 radical (unpaired) electrons. The molecule has 0 unspecified atom stereocenters. The average Bonchev–Trinajstić information content (AvgIpc) is 2.81. The first-order chi connectivity index (χ1) is 9.62. The minimum Gasteiger partial charge on any atom is -0.409 e. The summed E-state index contributed by atoms with van der Waals surface area (Å²) in [5.74, 6) is -1.16. The predicted octanol–water partition coefficient (Wildman–Crippen LogP) is 2.54. The summed E-state index contributed by atoms with van der Waals surface area (Å²) in [5.41, 5.74) is 5.51. The van der Waals surface area contributed by atoms with Gasteiger partial charge in [0.25, 0.3) is 0 Å². The Kier molecular flexibility index (Phi) is 3.43. The molecule has 1 aromatic carbocycles. The second-order valence-electron chi connectivity index (χ2n) is 6.55. The van der Waals surface area contributed by atoms with E-state index in [9.17, 15) is 9.18 Å².